The lowest BCUT2D eigenvalue weighted by atomic mass is 9.90. The molecule has 14 heteroatoms. The molecule has 0 atom stereocenters. The van der Waals surface area contributed by atoms with Crippen molar-refractivity contribution in [2.24, 2.45) is 5.73 Å². The van der Waals surface area contributed by atoms with Gasteiger partial charge in [-0.25, -0.2) is 14.6 Å². The number of primary amides is 1. The van der Waals surface area contributed by atoms with Crippen LogP contribution in [0.5, 0.6) is 11.5 Å². The standard InChI is InChI=1S/C37H50N8O6/c38-33(46)26-50-25-24-49-23-22-48-21-20-47-19-18-43-14-16-44(17-15-43)29-8-10-30(11-9-29)45-37-34(36(39)40-27-41-37)35(42-45)28-6-12-32(13-7-28)51-31-4-2-1-3-5-31/h1-7,12-13,27,29-30H,8-11,14-26H2,(H2,38,46)(H2,39,40,41). The van der Waals surface area contributed by atoms with Crippen LogP contribution in [0.2, 0.25) is 0 Å². The third-order valence-electron chi connectivity index (χ3n) is 9.47. The normalized spacial score (nSPS) is 18.7. The van der Waals surface area contributed by atoms with Crippen LogP contribution >= 0.6 is 0 Å². The highest BCUT2D eigenvalue weighted by Crippen LogP contribution is 2.37. The zero-order valence-electron chi connectivity index (χ0n) is 29.2. The van der Waals surface area contributed by atoms with Gasteiger partial charge in [0.1, 0.15) is 35.9 Å². The Hall–Kier alpha value is -4.18. The molecule has 2 aliphatic rings. The van der Waals surface area contributed by atoms with E-state index in [4.69, 9.17) is 40.3 Å². The van der Waals surface area contributed by atoms with Gasteiger partial charge in [-0.05, 0) is 62.1 Å². The van der Waals surface area contributed by atoms with Gasteiger partial charge in [0.05, 0.1) is 57.7 Å². The molecule has 6 rings (SSSR count). The number of aromatic nitrogens is 4. The molecular formula is C37H50N8O6. The van der Waals surface area contributed by atoms with Crippen molar-refractivity contribution in [3.63, 3.8) is 0 Å². The Morgan fingerprint density at radius 1 is 0.725 bits per heavy atom. The number of amides is 1. The second-order valence-corrected chi connectivity index (χ2v) is 12.9. The van der Waals surface area contributed by atoms with Crippen LogP contribution < -0.4 is 16.2 Å². The summed E-state index contributed by atoms with van der Waals surface area (Å²) in [6.45, 7) is 8.60. The number of benzene rings is 2. The van der Waals surface area contributed by atoms with E-state index in [1.165, 1.54) is 6.33 Å². The topological polar surface area (TPSA) is 165 Å². The van der Waals surface area contributed by atoms with Crippen LogP contribution in [0.25, 0.3) is 22.3 Å². The molecule has 3 heterocycles. The van der Waals surface area contributed by atoms with Gasteiger partial charge in [-0.2, -0.15) is 5.10 Å². The lowest BCUT2D eigenvalue weighted by Gasteiger charge is -2.42. The van der Waals surface area contributed by atoms with Crippen molar-refractivity contribution >= 4 is 22.8 Å². The largest absolute Gasteiger partial charge is 0.457 e. The Kier molecular flexibility index (Phi) is 13.6. The van der Waals surface area contributed by atoms with Crippen LogP contribution in [0.4, 0.5) is 5.82 Å². The number of rotatable bonds is 19. The van der Waals surface area contributed by atoms with Gasteiger partial charge < -0.3 is 35.2 Å². The van der Waals surface area contributed by atoms with Gasteiger partial charge in [0.15, 0.2) is 5.65 Å². The van der Waals surface area contributed by atoms with Crippen molar-refractivity contribution in [1.29, 1.82) is 0 Å². The van der Waals surface area contributed by atoms with Crippen molar-refractivity contribution in [3.05, 3.63) is 60.9 Å². The highest BCUT2D eigenvalue weighted by molar-refractivity contribution is 5.98. The highest BCUT2D eigenvalue weighted by atomic mass is 16.6. The molecule has 51 heavy (non-hydrogen) atoms. The molecule has 2 aromatic carbocycles. The van der Waals surface area contributed by atoms with Crippen LogP contribution in [-0.4, -0.2) is 127 Å². The van der Waals surface area contributed by atoms with Gasteiger partial charge in [-0.3, -0.25) is 14.6 Å². The smallest absolute Gasteiger partial charge is 0.243 e. The van der Waals surface area contributed by atoms with Gasteiger partial charge in [-0.1, -0.05) is 18.2 Å². The first-order valence-corrected chi connectivity index (χ1v) is 17.9. The average Bonchev–Trinajstić information content (AvgIpc) is 3.55. The Morgan fingerprint density at radius 2 is 1.33 bits per heavy atom. The Morgan fingerprint density at radius 3 is 2.00 bits per heavy atom. The molecule has 14 nitrogen and oxygen atoms in total. The molecule has 1 amide bonds. The Labute approximate surface area is 298 Å². The van der Waals surface area contributed by atoms with Crippen molar-refractivity contribution < 1.29 is 28.5 Å². The predicted octanol–water partition coefficient (Wildman–Crippen LogP) is 3.52. The van der Waals surface area contributed by atoms with Gasteiger partial charge in [0.25, 0.3) is 0 Å². The second-order valence-electron chi connectivity index (χ2n) is 12.9. The quantitative estimate of drug-likeness (QED) is 0.137. The third kappa shape index (κ3) is 10.4. The van der Waals surface area contributed by atoms with E-state index in [1.807, 2.05) is 54.6 Å². The number of hydrogen-bond acceptors (Lipinski definition) is 12. The van der Waals surface area contributed by atoms with E-state index in [0.29, 0.717) is 58.1 Å². The Bertz CT molecular complexity index is 1640. The molecule has 4 N–H and O–H groups in total. The summed E-state index contributed by atoms with van der Waals surface area (Å²) in [4.78, 5) is 24.7. The summed E-state index contributed by atoms with van der Waals surface area (Å²) in [7, 11) is 0. The number of fused-ring (bicyclic) bond motifs is 1. The van der Waals surface area contributed by atoms with E-state index < -0.39 is 5.91 Å². The molecule has 0 unspecified atom stereocenters. The van der Waals surface area contributed by atoms with Gasteiger partial charge in [-0.15, -0.1) is 0 Å². The molecule has 274 valence electrons. The first-order chi connectivity index (χ1) is 25.0. The summed E-state index contributed by atoms with van der Waals surface area (Å²) in [6.07, 6.45) is 5.88. The molecule has 4 aromatic rings. The fraction of sp³-hybridized carbons (Fsp3) is 0.514. The lowest BCUT2D eigenvalue weighted by Crippen LogP contribution is -2.51. The molecule has 1 aliphatic heterocycles. The van der Waals surface area contributed by atoms with Crippen LogP contribution in [-0.2, 0) is 23.7 Å². The molecule has 0 bridgehead atoms. The number of nitrogen functional groups attached to an aromatic ring is 1. The summed E-state index contributed by atoms with van der Waals surface area (Å²) in [5, 5.41) is 5.92. The molecule has 2 aromatic heterocycles. The number of ether oxygens (including phenoxy) is 5. The number of carbonyl (C=O) groups is 1. The first kappa shape index (κ1) is 36.6. The molecule has 0 spiro atoms. The minimum Gasteiger partial charge on any atom is -0.457 e. The highest BCUT2D eigenvalue weighted by Gasteiger charge is 2.31. The van der Waals surface area contributed by atoms with Gasteiger partial charge in [0.2, 0.25) is 5.91 Å². The monoisotopic (exact) mass is 702 g/mol. The molecule has 1 saturated heterocycles. The van der Waals surface area contributed by atoms with E-state index in [2.05, 4.69) is 24.4 Å². The third-order valence-corrected chi connectivity index (χ3v) is 9.47. The number of nitrogens with two attached hydrogens (primary N) is 2. The van der Waals surface area contributed by atoms with E-state index in [9.17, 15) is 4.79 Å². The maximum absolute atomic E-state index is 10.6. The van der Waals surface area contributed by atoms with Crippen LogP contribution in [0.1, 0.15) is 31.7 Å². The number of para-hydroxylation sites is 1. The number of carbonyl (C=O) groups excluding carboxylic acids is 1. The summed E-state index contributed by atoms with van der Waals surface area (Å²) in [5.41, 5.74) is 14.0. The summed E-state index contributed by atoms with van der Waals surface area (Å²) in [6, 6.07) is 18.5. The van der Waals surface area contributed by atoms with Crippen LogP contribution in [0, 0.1) is 0 Å². The maximum Gasteiger partial charge on any atom is 0.243 e. The molecule has 1 saturated carbocycles. The second kappa shape index (κ2) is 18.9. The fourth-order valence-electron chi connectivity index (χ4n) is 6.80. The maximum atomic E-state index is 10.6. The van der Waals surface area contributed by atoms with Crippen molar-refractivity contribution in [2.75, 3.05) is 91.3 Å². The average molecular weight is 703 g/mol. The van der Waals surface area contributed by atoms with Gasteiger partial charge in [0, 0.05) is 44.3 Å². The van der Waals surface area contributed by atoms with Crippen LogP contribution in [0.15, 0.2) is 60.9 Å². The van der Waals surface area contributed by atoms with E-state index in [-0.39, 0.29) is 12.6 Å². The molecule has 1 aliphatic carbocycles. The number of piperazine rings is 1. The van der Waals surface area contributed by atoms with Crippen LogP contribution in [0.3, 0.4) is 0 Å². The summed E-state index contributed by atoms with van der Waals surface area (Å²) >= 11 is 0. The van der Waals surface area contributed by atoms with Crippen molar-refractivity contribution in [2.45, 2.75) is 37.8 Å². The minimum absolute atomic E-state index is 0.0844. The van der Waals surface area contributed by atoms with Crippen molar-refractivity contribution in [1.82, 2.24) is 29.5 Å². The SMILES string of the molecule is NC(=O)COCCOCCOCCOCCN1CCN(C2CCC(n3nc(-c4ccc(Oc5ccccc5)cc4)c4c(N)ncnc43)CC2)CC1. The van der Waals surface area contributed by atoms with E-state index in [1.54, 1.807) is 0 Å². The van der Waals surface area contributed by atoms with E-state index >= 15 is 0 Å². The molecule has 0 radical (unpaired) electrons. The zero-order chi connectivity index (χ0) is 35.3. The number of hydrogen-bond donors (Lipinski definition) is 2. The Balaban J connectivity index is 0.901. The predicted molar refractivity (Wildman–Crippen MR) is 193 cm³/mol. The first-order valence-electron chi connectivity index (χ1n) is 17.9. The van der Waals surface area contributed by atoms with E-state index in [0.717, 1.165) is 92.2 Å². The number of nitrogens with zero attached hydrogens (tertiary/aromatic N) is 6. The fourth-order valence-corrected chi connectivity index (χ4v) is 6.80. The molecular weight excluding hydrogens is 652 g/mol. The van der Waals surface area contributed by atoms with Gasteiger partial charge >= 0.3 is 0 Å². The minimum atomic E-state index is -0.483. The summed E-state index contributed by atoms with van der Waals surface area (Å²) in [5.74, 6) is 1.51. The zero-order valence-corrected chi connectivity index (χ0v) is 29.2. The molecule has 2 fully saturated rings. The lowest BCUT2D eigenvalue weighted by molar-refractivity contribution is -0.123. The summed E-state index contributed by atoms with van der Waals surface area (Å²) < 4.78 is 29.9. The number of anilines is 1. The van der Waals surface area contributed by atoms with Crippen molar-refractivity contribution in [3.8, 4) is 22.8 Å².